The van der Waals surface area contributed by atoms with Crippen LogP contribution in [-0.4, -0.2) is 34.6 Å². The molecule has 1 aliphatic heterocycles. The van der Waals surface area contributed by atoms with E-state index in [0.717, 1.165) is 18.7 Å². The molecule has 1 aromatic heterocycles. The summed E-state index contributed by atoms with van der Waals surface area (Å²) in [6, 6.07) is 13.3. The Hall–Kier alpha value is -2.15. The van der Waals surface area contributed by atoms with E-state index in [1.807, 2.05) is 42.5 Å². The summed E-state index contributed by atoms with van der Waals surface area (Å²) in [7, 11) is 0. The van der Waals surface area contributed by atoms with Crippen molar-refractivity contribution >= 4 is 0 Å². The smallest absolute Gasteiger partial charge is 0.178 e. The van der Waals surface area contributed by atoms with Gasteiger partial charge in [-0.3, -0.25) is 9.88 Å². The predicted octanol–water partition coefficient (Wildman–Crippen LogP) is 2.42. The van der Waals surface area contributed by atoms with Crippen molar-refractivity contribution in [3.63, 3.8) is 0 Å². The summed E-state index contributed by atoms with van der Waals surface area (Å²) in [5, 5.41) is 11.2. The van der Waals surface area contributed by atoms with Crippen LogP contribution in [0.25, 0.3) is 0 Å². The van der Waals surface area contributed by atoms with Crippen LogP contribution >= 0.6 is 0 Å². The molecule has 3 heteroatoms. The van der Waals surface area contributed by atoms with Crippen LogP contribution in [0.15, 0.2) is 54.9 Å². The average Bonchev–Trinajstić information content (AvgIpc) is 3.10. The summed E-state index contributed by atoms with van der Waals surface area (Å²) in [5.41, 5.74) is 0.168. The minimum atomic E-state index is -1.31. The van der Waals surface area contributed by atoms with E-state index >= 15 is 0 Å². The molecule has 22 heavy (non-hydrogen) atoms. The van der Waals surface area contributed by atoms with Gasteiger partial charge in [-0.1, -0.05) is 48.2 Å². The van der Waals surface area contributed by atoms with Crippen molar-refractivity contribution < 1.29 is 5.11 Å². The first-order valence-corrected chi connectivity index (χ1v) is 7.70. The summed E-state index contributed by atoms with van der Waals surface area (Å²) in [4.78, 5) is 6.44. The molecule has 0 bridgehead atoms. The number of nitrogens with zero attached hydrogens (tertiary/aromatic N) is 2. The Morgan fingerprint density at radius 3 is 2.45 bits per heavy atom. The van der Waals surface area contributed by atoms with Crippen LogP contribution < -0.4 is 0 Å². The fraction of sp³-hybridized carbons (Fsp3) is 0.316. The number of rotatable bonds is 3. The Morgan fingerprint density at radius 2 is 1.77 bits per heavy atom. The van der Waals surface area contributed by atoms with Crippen LogP contribution in [0.3, 0.4) is 0 Å². The molecular weight excluding hydrogens is 272 g/mol. The van der Waals surface area contributed by atoms with Gasteiger partial charge in [0.1, 0.15) is 0 Å². The molecule has 1 atom stereocenters. The highest BCUT2D eigenvalue weighted by molar-refractivity contribution is 5.43. The topological polar surface area (TPSA) is 36.4 Å². The van der Waals surface area contributed by atoms with Gasteiger partial charge in [0.25, 0.3) is 0 Å². The van der Waals surface area contributed by atoms with Crippen LogP contribution in [0, 0.1) is 11.8 Å². The molecule has 1 fully saturated rings. The van der Waals surface area contributed by atoms with Crippen LogP contribution in [-0.2, 0) is 5.60 Å². The monoisotopic (exact) mass is 292 g/mol. The first-order valence-electron chi connectivity index (χ1n) is 7.70. The number of hydrogen-bond donors (Lipinski definition) is 1. The Labute approximate surface area is 131 Å². The molecule has 112 valence electrons. The number of hydrogen-bond acceptors (Lipinski definition) is 3. The fourth-order valence-corrected chi connectivity index (χ4v) is 2.79. The van der Waals surface area contributed by atoms with Gasteiger partial charge in [0, 0.05) is 23.5 Å². The van der Waals surface area contributed by atoms with E-state index in [1.54, 1.807) is 12.4 Å². The summed E-state index contributed by atoms with van der Waals surface area (Å²) < 4.78 is 0. The lowest BCUT2D eigenvalue weighted by Crippen LogP contribution is -2.26. The van der Waals surface area contributed by atoms with E-state index in [1.165, 1.54) is 12.8 Å². The van der Waals surface area contributed by atoms with Crippen LogP contribution in [0.5, 0.6) is 0 Å². The normalized spacial score (nSPS) is 17.5. The fourth-order valence-electron chi connectivity index (χ4n) is 2.79. The van der Waals surface area contributed by atoms with Gasteiger partial charge in [-0.15, -0.1) is 0 Å². The summed E-state index contributed by atoms with van der Waals surface area (Å²) in [6.07, 6.45) is 5.87. The van der Waals surface area contributed by atoms with Crippen molar-refractivity contribution in [3.8, 4) is 11.8 Å². The molecule has 2 heterocycles. The first kappa shape index (κ1) is 14.8. The van der Waals surface area contributed by atoms with Gasteiger partial charge < -0.3 is 5.11 Å². The maximum absolute atomic E-state index is 11.2. The highest BCUT2D eigenvalue weighted by Crippen LogP contribution is 2.28. The third-order valence-corrected chi connectivity index (χ3v) is 4.04. The second kappa shape index (κ2) is 6.74. The Morgan fingerprint density at radius 1 is 1.05 bits per heavy atom. The van der Waals surface area contributed by atoms with E-state index in [4.69, 9.17) is 0 Å². The van der Waals surface area contributed by atoms with E-state index in [0.29, 0.717) is 12.1 Å². The van der Waals surface area contributed by atoms with Crippen LogP contribution in [0.4, 0.5) is 0 Å². The lowest BCUT2D eigenvalue weighted by atomic mass is 9.88. The van der Waals surface area contributed by atoms with Crippen molar-refractivity contribution in [2.24, 2.45) is 0 Å². The molecule has 3 nitrogen and oxygen atoms in total. The highest BCUT2D eigenvalue weighted by Gasteiger charge is 2.29. The molecule has 0 unspecified atom stereocenters. The van der Waals surface area contributed by atoms with Crippen LogP contribution in [0.1, 0.15) is 24.0 Å². The van der Waals surface area contributed by atoms with Crippen molar-refractivity contribution in [1.29, 1.82) is 0 Å². The molecule has 1 N–H and O–H groups in total. The maximum Gasteiger partial charge on any atom is 0.178 e. The number of aromatic nitrogens is 1. The van der Waals surface area contributed by atoms with E-state index in [9.17, 15) is 5.11 Å². The SMILES string of the molecule is O[C@@](C#CCN1CCCC1)(c1ccccc1)c1cccnc1. The minimum Gasteiger partial charge on any atom is -0.369 e. The van der Waals surface area contributed by atoms with E-state index in [2.05, 4.69) is 21.7 Å². The van der Waals surface area contributed by atoms with Gasteiger partial charge in [-0.2, -0.15) is 0 Å². The molecule has 1 aliphatic rings. The van der Waals surface area contributed by atoms with Gasteiger partial charge in [-0.05, 0) is 32.0 Å². The Bertz CT molecular complexity index is 613. The van der Waals surface area contributed by atoms with Crippen molar-refractivity contribution in [1.82, 2.24) is 9.88 Å². The Balaban J connectivity index is 1.91. The second-order valence-electron chi connectivity index (χ2n) is 5.60. The molecule has 0 radical (unpaired) electrons. The molecule has 1 saturated heterocycles. The largest absolute Gasteiger partial charge is 0.369 e. The first-order chi connectivity index (χ1) is 10.8. The van der Waals surface area contributed by atoms with Crippen molar-refractivity contribution in [2.75, 3.05) is 19.6 Å². The second-order valence-corrected chi connectivity index (χ2v) is 5.60. The molecule has 1 aromatic carbocycles. The molecule has 3 rings (SSSR count). The lowest BCUT2D eigenvalue weighted by molar-refractivity contribution is 0.144. The summed E-state index contributed by atoms with van der Waals surface area (Å²) >= 11 is 0. The zero-order valence-electron chi connectivity index (χ0n) is 12.6. The average molecular weight is 292 g/mol. The van der Waals surface area contributed by atoms with E-state index < -0.39 is 5.60 Å². The summed E-state index contributed by atoms with van der Waals surface area (Å²) in [5.74, 6) is 6.24. The van der Waals surface area contributed by atoms with Crippen LogP contribution in [0.2, 0.25) is 0 Å². The minimum absolute atomic E-state index is 0.704. The zero-order valence-corrected chi connectivity index (χ0v) is 12.6. The highest BCUT2D eigenvalue weighted by atomic mass is 16.3. The van der Waals surface area contributed by atoms with Crippen molar-refractivity contribution in [2.45, 2.75) is 18.4 Å². The van der Waals surface area contributed by atoms with Gasteiger partial charge in [0.05, 0.1) is 6.54 Å². The molecule has 2 aromatic rings. The molecule has 0 amide bonds. The Kier molecular flexibility index (Phi) is 4.53. The molecule has 0 spiro atoms. The quantitative estimate of drug-likeness (QED) is 0.883. The number of aliphatic hydroxyl groups is 1. The van der Waals surface area contributed by atoms with Gasteiger partial charge in [-0.25, -0.2) is 0 Å². The maximum atomic E-state index is 11.2. The molecular formula is C19H20N2O. The number of benzene rings is 1. The third kappa shape index (κ3) is 3.19. The standard InChI is InChI=1S/C19H20N2O/c22-19(17-8-2-1-3-9-17,18-10-6-12-20-16-18)11-7-15-21-13-4-5-14-21/h1-3,6,8-10,12,16,22H,4-5,13-15H2/t19-/m0/s1. The van der Waals surface area contributed by atoms with Crippen molar-refractivity contribution in [3.05, 3.63) is 66.0 Å². The predicted molar refractivity (Wildman–Crippen MR) is 87.1 cm³/mol. The van der Waals surface area contributed by atoms with Gasteiger partial charge in [0.15, 0.2) is 5.60 Å². The summed E-state index contributed by atoms with van der Waals surface area (Å²) in [6.45, 7) is 2.91. The van der Waals surface area contributed by atoms with E-state index in [-0.39, 0.29) is 0 Å². The number of pyridine rings is 1. The lowest BCUT2D eigenvalue weighted by Gasteiger charge is -2.23. The van der Waals surface area contributed by atoms with Gasteiger partial charge >= 0.3 is 0 Å². The van der Waals surface area contributed by atoms with Gasteiger partial charge in [0.2, 0.25) is 0 Å². The zero-order chi connectivity index (χ0) is 15.3. The molecule has 0 aliphatic carbocycles. The third-order valence-electron chi connectivity index (χ3n) is 4.04. The number of likely N-dealkylation sites (tertiary alicyclic amines) is 1. The molecule has 0 saturated carbocycles.